The molecule has 0 amide bonds. The van der Waals surface area contributed by atoms with Gasteiger partial charge in [-0.05, 0) is 53.6 Å². The minimum absolute atomic E-state index is 0. The Bertz CT molecular complexity index is 871. The van der Waals surface area contributed by atoms with Gasteiger partial charge in [0.2, 0.25) is 0 Å². The summed E-state index contributed by atoms with van der Waals surface area (Å²) in [5.74, 6) is 0. The highest BCUT2D eigenvalue weighted by Crippen LogP contribution is 2.30. The Kier molecular flexibility index (Phi) is 7.28. The molecule has 5 heteroatoms. The average molecular weight is 394 g/mol. The summed E-state index contributed by atoms with van der Waals surface area (Å²) in [4.78, 5) is 0. The number of rotatable bonds is 6. The third-order valence-corrected chi connectivity index (χ3v) is 4.72. The van der Waals surface area contributed by atoms with Gasteiger partial charge in [-0.1, -0.05) is 60.7 Å². The summed E-state index contributed by atoms with van der Waals surface area (Å²) in [6.07, 6.45) is -1.39. The van der Waals surface area contributed by atoms with Gasteiger partial charge in [0.25, 0.3) is 0 Å². The van der Waals surface area contributed by atoms with Crippen LogP contribution in [0.3, 0.4) is 0 Å². The minimum atomic E-state index is -4.30. The van der Waals surface area contributed by atoms with Crippen molar-refractivity contribution in [1.29, 1.82) is 0 Å². The monoisotopic (exact) mass is 393 g/mol. The number of halogens is 4. The Balaban J connectivity index is 0.00000261. The summed E-state index contributed by atoms with van der Waals surface area (Å²) >= 11 is 0. The van der Waals surface area contributed by atoms with Crippen LogP contribution in [0.15, 0.2) is 66.7 Å². The standard InChI is InChI=1S/C22H22F3N.ClH/c23-22(24,25)19-9-3-5-16(15-19)11-13-20(26)14-12-18-8-4-7-17-6-1-2-10-21(17)18;/h1-10,15,20H,11-14,26H2;1H/t20-;/m1./s1. The van der Waals surface area contributed by atoms with E-state index in [1.165, 1.54) is 28.5 Å². The minimum Gasteiger partial charge on any atom is -0.328 e. The maximum absolute atomic E-state index is 12.8. The summed E-state index contributed by atoms with van der Waals surface area (Å²) in [5, 5.41) is 2.45. The van der Waals surface area contributed by atoms with Crippen LogP contribution >= 0.6 is 12.4 Å². The Labute approximate surface area is 163 Å². The number of nitrogens with two attached hydrogens (primary N) is 1. The summed E-state index contributed by atoms with van der Waals surface area (Å²) in [6.45, 7) is 0. The molecule has 1 nitrogen and oxygen atoms in total. The molecular formula is C22H23ClF3N. The van der Waals surface area contributed by atoms with E-state index >= 15 is 0 Å². The second kappa shape index (κ2) is 9.25. The van der Waals surface area contributed by atoms with E-state index in [0.29, 0.717) is 18.4 Å². The van der Waals surface area contributed by atoms with Gasteiger partial charge < -0.3 is 5.73 Å². The number of aryl methyl sites for hydroxylation is 2. The zero-order valence-corrected chi connectivity index (χ0v) is 15.7. The zero-order chi connectivity index (χ0) is 18.6. The quantitative estimate of drug-likeness (QED) is 0.532. The predicted octanol–water partition coefficient (Wildman–Crippen LogP) is 6.17. The summed E-state index contributed by atoms with van der Waals surface area (Å²) in [6, 6.07) is 20.0. The predicted molar refractivity (Wildman–Crippen MR) is 107 cm³/mol. The molecule has 0 fully saturated rings. The number of fused-ring (bicyclic) bond motifs is 1. The van der Waals surface area contributed by atoms with E-state index in [1.54, 1.807) is 6.07 Å². The molecule has 2 N–H and O–H groups in total. The van der Waals surface area contributed by atoms with Crippen LogP contribution in [0.1, 0.15) is 29.5 Å². The molecule has 1 atom stereocenters. The molecule has 0 aliphatic carbocycles. The lowest BCUT2D eigenvalue weighted by molar-refractivity contribution is -0.137. The molecule has 3 aromatic rings. The maximum atomic E-state index is 12.8. The Morgan fingerprint density at radius 2 is 1.48 bits per heavy atom. The lowest BCUT2D eigenvalue weighted by atomic mass is 9.96. The van der Waals surface area contributed by atoms with Crippen molar-refractivity contribution in [3.63, 3.8) is 0 Å². The molecule has 0 saturated carbocycles. The van der Waals surface area contributed by atoms with Crippen LogP contribution < -0.4 is 5.73 Å². The molecule has 144 valence electrons. The molecular weight excluding hydrogens is 371 g/mol. The van der Waals surface area contributed by atoms with Crippen molar-refractivity contribution in [1.82, 2.24) is 0 Å². The smallest absolute Gasteiger partial charge is 0.328 e. The van der Waals surface area contributed by atoms with Crippen LogP contribution in [0.4, 0.5) is 13.2 Å². The lowest BCUT2D eigenvalue weighted by Gasteiger charge is -2.14. The third kappa shape index (κ3) is 5.72. The second-order valence-corrected chi connectivity index (χ2v) is 6.67. The number of hydrogen-bond donors (Lipinski definition) is 1. The first-order valence-electron chi connectivity index (χ1n) is 8.82. The van der Waals surface area contributed by atoms with E-state index in [9.17, 15) is 13.2 Å². The van der Waals surface area contributed by atoms with Gasteiger partial charge in [-0.15, -0.1) is 12.4 Å². The first-order valence-corrected chi connectivity index (χ1v) is 8.82. The van der Waals surface area contributed by atoms with Gasteiger partial charge in [0, 0.05) is 6.04 Å². The summed E-state index contributed by atoms with van der Waals surface area (Å²) < 4.78 is 38.3. The van der Waals surface area contributed by atoms with Crippen molar-refractivity contribution in [2.75, 3.05) is 0 Å². The van der Waals surface area contributed by atoms with Crippen LogP contribution in [-0.4, -0.2) is 6.04 Å². The molecule has 0 saturated heterocycles. The first kappa shape index (κ1) is 21.3. The van der Waals surface area contributed by atoms with Gasteiger partial charge >= 0.3 is 6.18 Å². The molecule has 0 unspecified atom stereocenters. The van der Waals surface area contributed by atoms with Crippen molar-refractivity contribution in [2.24, 2.45) is 5.73 Å². The van der Waals surface area contributed by atoms with Gasteiger partial charge in [-0.25, -0.2) is 0 Å². The Hall–Kier alpha value is -2.04. The van der Waals surface area contributed by atoms with E-state index in [0.717, 1.165) is 18.9 Å². The van der Waals surface area contributed by atoms with E-state index in [1.807, 2.05) is 18.2 Å². The fourth-order valence-electron chi connectivity index (χ4n) is 3.25. The number of benzene rings is 3. The molecule has 0 aliphatic rings. The lowest BCUT2D eigenvalue weighted by Crippen LogP contribution is -2.21. The number of hydrogen-bond acceptors (Lipinski definition) is 1. The van der Waals surface area contributed by atoms with E-state index < -0.39 is 11.7 Å². The third-order valence-electron chi connectivity index (χ3n) is 4.72. The van der Waals surface area contributed by atoms with E-state index in [2.05, 4.69) is 24.3 Å². The largest absolute Gasteiger partial charge is 0.416 e. The Morgan fingerprint density at radius 1 is 0.815 bits per heavy atom. The second-order valence-electron chi connectivity index (χ2n) is 6.67. The average Bonchev–Trinajstić information content (AvgIpc) is 2.64. The van der Waals surface area contributed by atoms with Gasteiger partial charge in [-0.2, -0.15) is 13.2 Å². The molecule has 0 radical (unpaired) electrons. The van der Waals surface area contributed by atoms with Crippen molar-refractivity contribution in [3.05, 3.63) is 83.4 Å². The van der Waals surface area contributed by atoms with Gasteiger partial charge in [0.1, 0.15) is 0 Å². The van der Waals surface area contributed by atoms with Gasteiger partial charge in [0.05, 0.1) is 5.56 Å². The van der Waals surface area contributed by atoms with Crippen molar-refractivity contribution in [3.8, 4) is 0 Å². The van der Waals surface area contributed by atoms with Crippen LogP contribution in [0.5, 0.6) is 0 Å². The fourth-order valence-corrected chi connectivity index (χ4v) is 3.25. The van der Waals surface area contributed by atoms with Gasteiger partial charge in [-0.3, -0.25) is 0 Å². The first-order chi connectivity index (χ1) is 12.4. The molecule has 3 aromatic carbocycles. The number of alkyl halides is 3. The normalized spacial score (nSPS) is 12.6. The molecule has 0 bridgehead atoms. The van der Waals surface area contributed by atoms with Gasteiger partial charge in [0.15, 0.2) is 0 Å². The van der Waals surface area contributed by atoms with E-state index in [4.69, 9.17) is 5.73 Å². The topological polar surface area (TPSA) is 26.0 Å². The molecule has 0 aromatic heterocycles. The highest BCUT2D eigenvalue weighted by molar-refractivity contribution is 5.86. The van der Waals surface area contributed by atoms with Crippen LogP contribution in [0.2, 0.25) is 0 Å². The molecule has 3 rings (SSSR count). The van der Waals surface area contributed by atoms with Crippen molar-refractivity contribution < 1.29 is 13.2 Å². The molecule has 0 heterocycles. The Morgan fingerprint density at radius 3 is 2.26 bits per heavy atom. The SMILES string of the molecule is Cl.N[C@H](CCc1cccc(C(F)(F)F)c1)CCc1cccc2ccccc12. The molecule has 0 aliphatic heterocycles. The van der Waals surface area contributed by atoms with E-state index in [-0.39, 0.29) is 18.4 Å². The molecule has 27 heavy (non-hydrogen) atoms. The maximum Gasteiger partial charge on any atom is 0.416 e. The zero-order valence-electron chi connectivity index (χ0n) is 14.9. The van der Waals surface area contributed by atoms with Crippen molar-refractivity contribution in [2.45, 2.75) is 37.9 Å². The summed E-state index contributed by atoms with van der Waals surface area (Å²) in [5.41, 5.74) is 7.56. The summed E-state index contributed by atoms with van der Waals surface area (Å²) in [7, 11) is 0. The van der Waals surface area contributed by atoms with Crippen molar-refractivity contribution >= 4 is 23.2 Å². The fraction of sp³-hybridized carbons (Fsp3) is 0.273. The van der Waals surface area contributed by atoms with Crippen LogP contribution in [0.25, 0.3) is 10.8 Å². The highest BCUT2D eigenvalue weighted by Gasteiger charge is 2.30. The van der Waals surface area contributed by atoms with Crippen LogP contribution in [-0.2, 0) is 19.0 Å². The highest BCUT2D eigenvalue weighted by atomic mass is 35.5. The van der Waals surface area contributed by atoms with Crippen LogP contribution in [0, 0.1) is 0 Å². The molecule has 0 spiro atoms.